The number of hydrogen-bond donors (Lipinski definition) is 3. The molecule has 1 aliphatic rings. The average molecular weight is 265 g/mol. The molecule has 0 aromatic heterocycles. The highest BCUT2D eigenvalue weighted by Gasteiger charge is 2.52. The summed E-state index contributed by atoms with van der Waals surface area (Å²) in [5, 5.41) is 20.9. The highest BCUT2D eigenvalue weighted by Crippen LogP contribution is 2.38. The Morgan fingerprint density at radius 1 is 1.32 bits per heavy atom. The number of amides is 1. The number of aliphatic carboxylic acids is 1. The highest BCUT2D eigenvalue weighted by molar-refractivity contribution is 5.81. The van der Waals surface area contributed by atoms with Crippen LogP contribution < -0.4 is 5.32 Å². The second kappa shape index (κ2) is 5.27. The molecule has 1 aliphatic carbocycles. The van der Waals surface area contributed by atoms with Crippen molar-refractivity contribution in [2.45, 2.75) is 31.1 Å². The van der Waals surface area contributed by atoms with Crippen LogP contribution in [0.4, 0.5) is 4.79 Å². The Morgan fingerprint density at radius 2 is 1.95 bits per heavy atom. The Morgan fingerprint density at radius 3 is 2.47 bits per heavy atom. The molecule has 0 bridgehead atoms. The van der Waals surface area contributed by atoms with Crippen LogP contribution in [0.5, 0.6) is 0 Å². The molecule has 1 aromatic carbocycles. The number of nitrogens with one attached hydrogen (secondary N) is 1. The van der Waals surface area contributed by atoms with Gasteiger partial charge >= 0.3 is 12.1 Å². The fraction of sp³-hybridized carbons (Fsp3) is 0.385. The molecule has 0 heterocycles. The fourth-order valence-corrected chi connectivity index (χ4v) is 1.73. The quantitative estimate of drug-likeness (QED) is 0.734. The first-order valence-corrected chi connectivity index (χ1v) is 5.94. The highest BCUT2D eigenvalue weighted by atomic mass is 16.5. The third kappa shape index (κ3) is 3.45. The summed E-state index contributed by atoms with van der Waals surface area (Å²) in [6.45, 7) is 0.0530. The summed E-state index contributed by atoms with van der Waals surface area (Å²) in [5.74, 6) is -1.27. The first-order valence-electron chi connectivity index (χ1n) is 5.94. The third-order valence-electron chi connectivity index (χ3n) is 3.02. The first-order chi connectivity index (χ1) is 9.01. The molecule has 0 spiro atoms. The maximum atomic E-state index is 11.5. The van der Waals surface area contributed by atoms with Crippen LogP contribution in [0.15, 0.2) is 30.3 Å². The number of rotatable bonds is 5. The van der Waals surface area contributed by atoms with Gasteiger partial charge in [0.15, 0.2) is 6.04 Å². The summed E-state index contributed by atoms with van der Waals surface area (Å²) < 4.78 is 4.91. The summed E-state index contributed by atoms with van der Waals surface area (Å²) in [7, 11) is 0. The molecule has 1 saturated carbocycles. The van der Waals surface area contributed by atoms with Crippen molar-refractivity contribution >= 4 is 12.1 Å². The SMILES string of the molecule is O=C(N[C@@H](C(=O)O)C1(O)CC1)OCc1ccccc1. The maximum Gasteiger partial charge on any atom is 0.408 e. The van der Waals surface area contributed by atoms with Crippen molar-refractivity contribution in [3.8, 4) is 0 Å². The summed E-state index contributed by atoms with van der Waals surface area (Å²) in [4.78, 5) is 22.5. The van der Waals surface area contributed by atoms with Crippen molar-refractivity contribution < 1.29 is 24.5 Å². The van der Waals surface area contributed by atoms with Crippen LogP contribution in [0, 0.1) is 0 Å². The number of aliphatic hydroxyl groups is 1. The summed E-state index contributed by atoms with van der Waals surface area (Å²) in [6.07, 6.45) is -0.122. The second-order valence-electron chi connectivity index (χ2n) is 4.58. The van der Waals surface area contributed by atoms with Gasteiger partial charge in [0.2, 0.25) is 0 Å². The van der Waals surface area contributed by atoms with Crippen molar-refractivity contribution in [3.63, 3.8) is 0 Å². The Labute approximate surface area is 110 Å². The number of carbonyl (C=O) groups excluding carboxylic acids is 1. The van der Waals surface area contributed by atoms with Crippen LogP contribution in [0.2, 0.25) is 0 Å². The molecule has 3 N–H and O–H groups in total. The molecule has 0 radical (unpaired) electrons. The van der Waals surface area contributed by atoms with Crippen LogP contribution in [-0.4, -0.2) is 33.9 Å². The minimum Gasteiger partial charge on any atom is -0.480 e. The lowest BCUT2D eigenvalue weighted by Crippen LogP contribution is -2.50. The number of alkyl carbamates (subject to hydrolysis) is 1. The van der Waals surface area contributed by atoms with Gasteiger partial charge in [0.05, 0.1) is 5.60 Å². The lowest BCUT2D eigenvalue weighted by atomic mass is 10.1. The lowest BCUT2D eigenvalue weighted by Gasteiger charge is -2.19. The van der Waals surface area contributed by atoms with E-state index in [0.29, 0.717) is 12.8 Å². The van der Waals surface area contributed by atoms with E-state index < -0.39 is 23.7 Å². The zero-order valence-corrected chi connectivity index (χ0v) is 10.2. The van der Waals surface area contributed by atoms with Gasteiger partial charge in [-0.05, 0) is 18.4 Å². The molecule has 0 unspecified atom stereocenters. The van der Waals surface area contributed by atoms with E-state index in [1.54, 1.807) is 12.1 Å². The van der Waals surface area contributed by atoms with Crippen LogP contribution in [-0.2, 0) is 16.1 Å². The van der Waals surface area contributed by atoms with E-state index in [4.69, 9.17) is 9.84 Å². The standard InChI is InChI=1S/C13H15NO5/c15-11(16)10(13(18)6-7-13)14-12(17)19-8-9-4-2-1-3-5-9/h1-5,10,18H,6-8H2,(H,14,17)(H,15,16)/t10-/m0/s1. The van der Waals surface area contributed by atoms with Crippen molar-refractivity contribution in [1.82, 2.24) is 5.32 Å². The molecule has 19 heavy (non-hydrogen) atoms. The average Bonchev–Trinajstić information content (AvgIpc) is 3.13. The normalized spacial score (nSPS) is 17.3. The molecule has 0 saturated heterocycles. The number of carbonyl (C=O) groups is 2. The molecular formula is C13H15NO5. The molecule has 0 aliphatic heterocycles. The van der Waals surface area contributed by atoms with Gasteiger partial charge in [0.1, 0.15) is 6.61 Å². The fourth-order valence-electron chi connectivity index (χ4n) is 1.73. The van der Waals surface area contributed by atoms with Crippen molar-refractivity contribution in [2.24, 2.45) is 0 Å². The molecule has 2 rings (SSSR count). The number of benzene rings is 1. The van der Waals surface area contributed by atoms with Gasteiger partial charge in [-0.2, -0.15) is 0 Å². The van der Waals surface area contributed by atoms with E-state index >= 15 is 0 Å². The zero-order valence-electron chi connectivity index (χ0n) is 10.2. The van der Waals surface area contributed by atoms with E-state index in [0.717, 1.165) is 5.56 Å². The predicted octanol–water partition coefficient (Wildman–Crippen LogP) is 0.891. The molecule has 6 heteroatoms. The smallest absolute Gasteiger partial charge is 0.408 e. The predicted molar refractivity (Wildman–Crippen MR) is 65.4 cm³/mol. The molecule has 102 valence electrons. The van der Waals surface area contributed by atoms with Crippen LogP contribution in [0.1, 0.15) is 18.4 Å². The van der Waals surface area contributed by atoms with Gasteiger partial charge in [0, 0.05) is 0 Å². The Hall–Kier alpha value is -2.08. The number of ether oxygens (including phenoxy) is 1. The molecular weight excluding hydrogens is 250 g/mol. The first kappa shape index (κ1) is 13.4. The summed E-state index contributed by atoms with van der Waals surface area (Å²) in [5.41, 5.74) is -0.535. The Balaban J connectivity index is 1.85. The van der Waals surface area contributed by atoms with Crippen LogP contribution in [0.25, 0.3) is 0 Å². The largest absolute Gasteiger partial charge is 0.480 e. The minimum absolute atomic E-state index is 0.0530. The zero-order chi connectivity index (χ0) is 13.9. The maximum absolute atomic E-state index is 11.5. The summed E-state index contributed by atoms with van der Waals surface area (Å²) in [6, 6.07) is 7.71. The van der Waals surface area contributed by atoms with Crippen LogP contribution >= 0.6 is 0 Å². The van der Waals surface area contributed by atoms with E-state index in [2.05, 4.69) is 5.32 Å². The Bertz CT molecular complexity index is 469. The van der Waals surface area contributed by atoms with Gasteiger partial charge < -0.3 is 20.3 Å². The second-order valence-corrected chi connectivity index (χ2v) is 4.58. The van der Waals surface area contributed by atoms with Crippen molar-refractivity contribution in [3.05, 3.63) is 35.9 Å². The van der Waals surface area contributed by atoms with Gasteiger partial charge in [-0.3, -0.25) is 0 Å². The number of carboxylic acid groups (broad SMARTS) is 1. The number of hydrogen-bond acceptors (Lipinski definition) is 4. The van der Waals surface area contributed by atoms with Gasteiger partial charge in [-0.1, -0.05) is 30.3 Å². The molecule has 1 atom stereocenters. The monoisotopic (exact) mass is 265 g/mol. The van der Waals surface area contributed by atoms with Crippen molar-refractivity contribution in [2.75, 3.05) is 0 Å². The molecule has 1 amide bonds. The third-order valence-corrected chi connectivity index (χ3v) is 3.02. The number of carboxylic acids is 1. The van der Waals surface area contributed by atoms with Crippen molar-refractivity contribution in [1.29, 1.82) is 0 Å². The van der Waals surface area contributed by atoms with Gasteiger partial charge in [0.25, 0.3) is 0 Å². The van der Waals surface area contributed by atoms with E-state index in [-0.39, 0.29) is 6.61 Å². The van der Waals surface area contributed by atoms with Gasteiger partial charge in [-0.15, -0.1) is 0 Å². The minimum atomic E-state index is -1.34. The molecule has 1 fully saturated rings. The summed E-state index contributed by atoms with van der Waals surface area (Å²) >= 11 is 0. The van der Waals surface area contributed by atoms with E-state index in [1.165, 1.54) is 0 Å². The molecule has 1 aromatic rings. The topological polar surface area (TPSA) is 95.9 Å². The van der Waals surface area contributed by atoms with E-state index in [1.807, 2.05) is 18.2 Å². The Kier molecular flexibility index (Phi) is 3.71. The van der Waals surface area contributed by atoms with Gasteiger partial charge in [-0.25, -0.2) is 9.59 Å². The molecule has 6 nitrogen and oxygen atoms in total. The van der Waals surface area contributed by atoms with Crippen LogP contribution in [0.3, 0.4) is 0 Å². The lowest BCUT2D eigenvalue weighted by molar-refractivity contribution is -0.143. The van der Waals surface area contributed by atoms with E-state index in [9.17, 15) is 14.7 Å².